The zero-order chi connectivity index (χ0) is 14.2. The lowest BCUT2D eigenvalue weighted by Crippen LogP contribution is -2.01. The van der Waals surface area contributed by atoms with Crippen LogP contribution < -0.4 is 0 Å². The van der Waals surface area contributed by atoms with Gasteiger partial charge in [-0.2, -0.15) is 0 Å². The summed E-state index contributed by atoms with van der Waals surface area (Å²) in [6.07, 6.45) is 0. The Hall–Kier alpha value is -0.930. The average Bonchev–Trinajstić information content (AvgIpc) is 2.33. The first kappa shape index (κ1) is 14.5. The highest BCUT2D eigenvalue weighted by Crippen LogP contribution is 2.36. The third kappa shape index (κ3) is 2.98. The molecule has 0 aliphatic carbocycles. The van der Waals surface area contributed by atoms with Crippen LogP contribution in [0.15, 0.2) is 34.8 Å². The third-order valence-corrected chi connectivity index (χ3v) is 4.14. The van der Waals surface area contributed by atoms with Crippen molar-refractivity contribution in [1.29, 1.82) is 0 Å². The summed E-state index contributed by atoms with van der Waals surface area (Å²) in [6.45, 7) is 3.47. The molecule has 0 aromatic heterocycles. The van der Waals surface area contributed by atoms with Crippen LogP contribution in [0.4, 0.5) is 8.78 Å². The summed E-state index contributed by atoms with van der Waals surface area (Å²) in [5, 5.41) is -0.731. The Balaban J connectivity index is 2.49. The molecule has 1 atom stereocenters. The number of hydrogen-bond acceptors (Lipinski definition) is 0. The van der Waals surface area contributed by atoms with Crippen molar-refractivity contribution in [2.24, 2.45) is 0 Å². The summed E-state index contributed by atoms with van der Waals surface area (Å²) in [7, 11) is 0. The first-order chi connectivity index (χ1) is 8.90. The molecule has 100 valence electrons. The highest BCUT2D eigenvalue weighted by atomic mass is 79.9. The van der Waals surface area contributed by atoms with E-state index in [0.29, 0.717) is 0 Å². The topological polar surface area (TPSA) is 0 Å². The number of aryl methyl sites for hydroxylation is 2. The Labute approximate surface area is 124 Å². The van der Waals surface area contributed by atoms with Crippen molar-refractivity contribution in [3.05, 3.63) is 68.7 Å². The van der Waals surface area contributed by atoms with Crippen LogP contribution >= 0.6 is 27.5 Å². The maximum atomic E-state index is 13.9. The molecule has 0 saturated carbocycles. The standard InChI is InChI=1S/C15H12BrClF2/c1-8-3-4-10(12(16)5-8)15(17)11-7-13(18)9(2)6-14(11)19/h3-7,15H,1-2H3. The minimum atomic E-state index is -0.731. The Morgan fingerprint density at radius 2 is 1.68 bits per heavy atom. The predicted molar refractivity (Wildman–Crippen MR) is 77.7 cm³/mol. The van der Waals surface area contributed by atoms with E-state index in [-0.39, 0.29) is 11.1 Å². The van der Waals surface area contributed by atoms with Crippen molar-refractivity contribution in [3.8, 4) is 0 Å². The summed E-state index contributed by atoms with van der Waals surface area (Å²) in [5.74, 6) is -0.948. The van der Waals surface area contributed by atoms with E-state index in [2.05, 4.69) is 15.9 Å². The minimum Gasteiger partial charge on any atom is -0.207 e. The van der Waals surface area contributed by atoms with E-state index in [4.69, 9.17) is 11.6 Å². The summed E-state index contributed by atoms with van der Waals surface area (Å²) < 4.78 is 28.3. The van der Waals surface area contributed by atoms with Crippen LogP contribution in [-0.4, -0.2) is 0 Å². The zero-order valence-electron chi connectivity index (χ0n) is 10.5. The molecule has 0 saturated heterocycles. The fourth-order valence-electron chi connectivity index (χ4n) is 1.86. The number of rotatable bonds is 2. The van der Waals surface area contributed by atoms with E-state index in [9.17, 15) is 8.78 Å². The molecule has 1 unspecified atom stereocenters. The van der Waals surface area contributed by atoms with Crippen LogP contribution in [0.25, 0.3) is 0 Å². The molecular weight excluding hydrogens is 334 g/mol. The summed E-state index contributed by atoms with van der Waals surface area (Å²) in [4.78, 5) is 0. The Morgan fingerprint density at radius 1 is 1.00 bits per heavy atom. The summed E-state index contributed by atoms with van der Waals surface area (Å²) in [6, 6.07) is 7.93. The highest BCUT2D eigenvalue weighted by Gasteiger charge is 2.19. The number of hydrogen-bond donors (Lipinski definition) is 0. The van der Waals surface area contributed by atoms with Crippen LogP contribution in [0.1, 0.15) is 27.6 Å². The quantitative estimate of drug-likeness (QED) is 0.615. The van der Waals surface area contributed by atoms with Crippen molar-refractivity contribution in [2.45, 2.75) is 19.2 Å². The molecule has 19 heavy (non-hydrogen) atoms. The van der Waals surface area contributed by atoms with E-state index < -0.39 is 17.0 Å². The molecule has 2 aromatic carbocycles. The van der Waals surface area contributed by atoms with Gasteiger partial charge in [0.05, 0.1) is 5.38 Å². The fourth-order valence-corrected chi connectivity index (χ4v) is 3.07. The van der Waals surface area contributed by atoms with Crippen LogP contribution in [0.2, 0.25) is 0 Å². The Morgan fingerprint density at radius 3 is 2.32 bits per heavy atom. The Kier molecular flexibility index (Phi) is 4.26. The lowest BCUT2D eigenvalue weighted by atomic mass is 10.0. The molecule has 0 aliphatic rings. The first-order valence-electron chi connectivity index (χ1n) is 5.76. The van der Waals surface area contributed by atoms with Gasteiger partial charge in [0.2, 0.25) is 0 Å². The van der Waals surface area contributed by atoms with Gasteiger partial charge in [0.25, 0.3) is 0 Å². The summed E-state index contributed by atoms with van der Waals surface area (Å²) in [5.41, 5.74) is 2.20. The SMILES string of the molecule is Cc1ccc(C(Cl)c2cc(F)c(C)cc2F)c(Br)c1. The molecule has 0 bridgehead atoms. The second-order valence-corrected chi connectivity index (χ2v) is 5.80. The number of benzene rings is 2. The van der Waals surface area contributed by atoms with Gasteiger partial charge in [-0.05, 0) is 48.7 Å². The van der Waals surface area contributed by atoms with Crippen LogP contribution in [0.3, 0.4) is 0 Å². The zero-order valence-corrected chi connectivity index (χ0v) is 12.8. The van der Waals surface area contributed by atoms with Gasteiger partial charge in [-0.1, -0.05) is 28.1 Å². The molecular formula is C15H12BrClF2. The fraction of sp³-hybridized carbons (Fsp3) is 0.200. The van der Waals surface area contributed by atoms with Crippen molar-refractivity contribution in [1.82, 2.24) is 0 Å². The minimum absolute atomic E-state index is 0.148. The van der Waals surface area contributed by atoms with E-state index in [1.807, 2.05) is 25.1 Å². The van der Waals surface area contributed by atoms with Gasteiger partial charge in [0, 0.05) is 10.0 Å². The Bertz CT molecular complexity index is 626. The predicted octanol–water partition coefficient (Wildman–Crippen LogP) is 5.67. The molecule has 2 rings (SSSR count). The van der Waals surface area contributed by atoms with Gasteiger partial charge < -0.3 is 0 Å². The smallest absolute Gasteiger partial charge is 0.128 e. The molecule has 0 fully saturated rings. The lowest BCUT2D eigenvalue weighted by Gasteiger charge is -2.14. The maximum Gasteiger partial charge on any atom is 0.128 e. The molecule has 0 N–H and O–H groups in total. The molecule has 0 radical (unpaired) electrons. The van der Waals surface area contributed by atoms with E-state index in [1.165, 1.54) is 13.0 Å². The molecule has 0 aliphatic heterocycles. The van der Waals surface area contributed by atoms with Gasteiger partial charge >= 0.3 is 0 Å². The van der Waals surface area contributed by atoms with Gasteiger partial charge in [-0.25, -0.2) is 8.78 Å². The van der Waals surface area contributed by atoms with Gasteiger partial charge in [0.15, 0.2) is 0 Å². The van der Waals surface area contributed by atoms with Crippen molar-refractivity contribution in [3.63, 3.8) is 0 Å². The molecule has 4 heteroatoms. The van der Waals surface area contributed by atoms with Gasteiger partial charge in [0.1, 0.15) is 11.6 Å². The molecule has 0 nitrogen and oxygen atoms in total. The second kappa shape index (κ2) is 5.59. The van der Waals surface area contributed by atoms with Crippen molar-refractivity contribution >= 4 is 27.5 Å². The summed E-state index contributed by atoms with van der Waals surface area (Å²) >= 11 is 9.68. The number of alkyl halides is 1. The van der Waals surface area contributed by atoms with E-state index in [1.54, 1.807) is 0 Å². The van der Waals surface area contributed by atoms with Crippen LogP contribution in [0.5, 0.6) is 0 Å². The second-order valence-electron chi connectivity index (χ2n) is 4.51. The molecule has 2 aromatic rings. The average molecular weight is 346 g/mol. The van der Waals surface area contributed by atoms with E-state index >= 15 is 0 Å². The lowest BCUT2D eigenvalue weighted by molar-refractivity contribution is 0.580. The third-order valence-electron chi connectivity index (χ3n) is 2.98. The first-order valence-corrected chi connectivity index (χ1v) is 6.98. The molecule has 0 spiro atoms. The number of halogens is 4. The van der Waals surface area contributed by atoms with Crippen LogP contribution in [0, 0.1) is 25.5 Å². The van der Waals surface area contributed by atoms with Gasteiger partial charge in [-0.3, -0.25) is 0 Å². The van der Waals surface area contributed by atoms with Crippen LogP contribution in [-0.2, 0) is 0 Å². The van der Waals surface area contributed by atoms with Gasteiger partial charge in [-0.15, -0.1) is 11.6 Å². The maximum absolute atomic E-state index is 13.9. The molecule has 0 amide bonds. The normalized spacial score (nSPS) is 12.5. The highest BCUT2D eigenvalue weighted by molar-refractivity contribution is 9.10. The largest absolute Gasteiger partial charge is 0.207 e. The van der Waals surface area contributed by atoms with E-state index in [0.717, 1.165) is 21.7 Å². The molecule has 0 heterocycles. The monoisotopic (exact) mass is 344 g/mol. The van der Waals surface area contributed by atoms with Crippen molar-refractivity contribution < 1.29 is 8.78 Å². The van der Waals surface area contributed by atoms with Crippen molar-refractivity contribution in [2.75, 3.05) is 0 Å².